The van der Waals surface area contributed by atoms with Crippen LogP contribution in [0.4, 0.5) is 0 Å². The fourth-order valence-corrected chi connectivity index (χ4v) is 1.74. The Balaban J connectivity index is 2.28. The summed E-state index contributed by atoms with van der Waals surface area (Å²) in [5.74, 6) is 0. The summed E-state index contributed by atoms with van der Waals surface area (Å²) >= 11 is 0. The number of hydrogen-bond acceptors (Lipinski definition) is 3. The van der Waals surface area contributed by atoms with Crippen LogP contribution in [0, 0.1) is 11.3 Å². The number of nitrogens with two attached hydrogens (primary N) is 1. The molecule has 3 nitrogen and oxygen atoms in total. The van der Waals surface area contributed by atoms with Gasteiger partial charge in [0.05, 0.1) is 12.7 Å². The minimum Gasteiger partial charge on any atom is -0.361 e. The fourth-order valence-electron chi connectivity index (χ4n) is 1.74. The van der Waals surface area contributed by atoms with Crippen LogP contribution in [-0.4, -0.2) is 18.2 Å². The Hall–Kier alpha value is -0.590. The van der Waals surface area contributed by atoms with Crippen LogP contribution in [0.1, 0.15) is 39.0 Å². The number of nitriles is 1. The zero-order valence-corrected chi connectivity index (χ0v) is 8.25. The van der Waals surface area contributed by atoms with Crippen molar-refractivity contribution >= 4 is 0 Å². The van der Waals surface area contributed by atoms with Gasteiger partial charge in [0.2, 0.25) is 0 Å². The molecule has 0 aromatic rings. The fraction of sp³-hybridized carbons (Fsp3) is 0.900. The largest absolute Gasteiger partial charge is 0.361 e. The van der Waals surface area contributed by atoms with Crippen LogP contribution in [0.5, 0.6) is 0 Å². The molecule has 74 valence electrons. The standard InChI is InChI=1S/C10H18N2O/c1-2-9(7-11)13-8-10(12)5-3-4-6-10/h9H,2-6,8,12H2,1H3. The van der Waals surface area contributed by atoms with E-state index in [1.165, 1.54) is 12.8 Å². The predicted molar refractivity (Wildman–Crippen MR) is 51.0 cm³/mol. The number of hydrogen-bond donors (Lipinski definition) is 1. The van der Waals surface area contributed by atoms with Gasteiger partial charge in [0, 0.05) is 5.54 Å². The molecular weight excluding hydrogens is 164 g/mol. The van der Waals surface area contributed by atoms with E-state index in [9.17, 15) is 0 Å². The average Bonchev–Trinajstić information content (AvgIpc) is 2.55. The zero-order valence-electron chi connectivity index (χ0n) is 8.25. The maximum absolute atomic E-state index is 8.67. The van der Waals surface area contributed by atoms with Gasteiger partial charge < -0.3 is 10.5 Å². The predicted octanol–water partition coefficient (Wildman–Crippen LogP) is 1.58. The molecule has 0 spiro atoms. The van der Waals surface area contributed by atoms with Crippen LogP contribution in [0.25, 0.3) is 0 Å². The molecule has 0 saturated heterocycles. The molecule has 0 aromatic heterocycles. The topological polar surface area (TPSA) is 59.0 Å². The lowest BCUT2D eigenvalue weighted by molar-refractivity contribution is 0.0492. The van der Waals surface area contributed by atoms with Crippen molar-refractivity contribution in [3.05, 3.63) is 0 Å². The number of rotatable bonds is 4. The molecule has 0 amide bonds. The summed E-state index contributed by atoms with van der Waals surface area (Å²) in [6, 6.07) is 2.12. The molecule has 13 heavy (non-hydrogen) atoms. The lowest BCUT2D eigenvalue weighted by Gasteiger charge is -2.24. The van der Waals surface area contributed by atoms with E-state index < -0.39 is 0 Å². The third-order valence-electron chi connectivity index (χ3n) is 2.69. The highest BCUT2D eigenvalue weighted by Crippen LogP contribution is 2.27. The van der Waals surface area contributed by atoms with E-state index in [2.05, 4.69) is 6.07 Å². The summed E-state index contributed by atoms with van der Waals surface area (Å²) in [5, 5.41) is 8.67. The average molecular weight is 182 g/mol. The quantitative estimate of drug-likeness (QED) is 0.718. The normalized spacial score (nSPS) is 22.5. The Labute approximate surface area is 79.9 Å². The first-order valence-corrected chi connectivity index (χ1v) is 5.00. The second kappa shape index (κ2) is 4.59. The molecule has 0 heterocycles. The van der Waals surface area contributed by atoms with Crippen molar-refractivity contribution in [1.29, 1.82) is 5.26 Å². The SMILES string of the molecule is CCC(C#N)OCC1(N)CCCC1. The van der Waals surface area contributed by atoms with Crippen molar-refractivity contribution in [1.82, 2.24) is 0 Å². The van der Waals surface area contributed by atoms with Gasteiger partial charge >= 0.3 is 0 Å². The molecule has 1 saturated carbocycles. The monoisotopic (exact) mass is 182 g/mol. The van der Waals surface area contributed by atoms with Gasteiger partial charge in [-0.25, -0.2) is 0 Å². The molecule has 1 atom stereocenters. The molecule has 1 rings (SSSR count). The Morgan fingerprint density at radius 3 is 2.62 bits per heavy atom. The molecule has 1 aliphatic rings. The van der Waals surface area contributed by atoms with Crippen LogP contribution in [0.15, 0.2) is 0 Å². The van der Waals surface area contributed by atoms with E-state index in [4.69, 9.17) is 15.7 Å². The maximum atomic E-state index is 8.67. The van der Waals surface area contributed by atoms with Gasteiger partial charge in [-0.05, 0) is 19.3 Å². The summed E-state index contributed by atoms with van der Waals surface area (Å²) in [7, 11) is 0. The van der Waals surface area contributed by atoms with Crippen LogP contribution in [0.2, 0.25) is 0 Å². The van der Waals surface area contributed by atoms with Gasteiger partial charge in [-0.2, -0.15) is 5.26 Å². The number of nitrogens with zero attached hydrogens (tertiary/aromatic N) is 1. The van der Waals surface area contributed by atoms with Crippen LogP contribution < -0.4 is 5.73 Å². The first-order valence-electron chi connectivity index (χ1n) is 5.00. The highest BCUT2D eigenvalue weighted by atomic mass is 16.5. The van der Waals surface area contributed by atoms with Crippen LogP contribution in [0.3, 0.4) is 0 Å². The van der Waals surface area contributed by atoms with Gasteiger partial charge in [-0.15, -0.1) is 0 Å². The Morgan fingerprint density at radius 1 is 1.54 bits per heavy atom. The highest BCUT2D eigenvalue weighted by Gasteiger charge is 2.30. The van der Waals surface area contributed by atoms with Crippen LogP contribution >= 0.6 is 0 Å². The molecule has 1 aliphatic carbocycles. The summed E-state index contributed by atoms with van der Waals surface area (Å²) in [4.78, 5) is 0. The van der Waals surface area contributed by atoms with E-state index in [-0.39, 0.29) is 11.6 Å². The molecule has 1 unspecified atom stereocenters. The summed E-state index contributed by atoms with van der Waals surface area (Å²) < 4.78 is 5.44. The lowest BCUT2D eigenvalue weighted by atomic mass is 10.0. The molecule has 0 bridgehead atoms. The Morgan fingerprint density at radius 2 is 2.15 bits per heavy atom. The highest BCUT2D eigenvalue weighted by molar-refractivity contribution is 4.91. The van der Waals surface area contributed by atoms with Gasteiger partial charge in [0.15, 0.2) is 0 Å². The van der Waals surface area contributed by atoms with Crippen molar-refractivity contribution in [2.24, 2.45) is 5.73 Å². The molecule has 2 N–H and O–H groups in total. The molecule has 0 radical (unpaired) electrons. The molecule has 1 fully saturated rings. The lowest BCUT2D eigenvalue weighted by Crippen LogP contribution is -2.42. The third-order valence-corrected chi connectivity index (χ3v) is 2.69. The minimum atomic E-state index is -0.277. The molecule has 0 aromatic carbocycles. The molecule has 0 aliphatic heterocycles. The summed E-state index contributed by atoms with van der Waals surface area (Å²) in [5.41, 5.74) is 5.93. The zero-order chi connectivity index (χ0) is 9.73. The van der Waals surface area contributed by atoms with Crippen molar-refractivity contribution in [2.45, 2.75) is 50.7 Å². The van der Waals surface area contributed by atoms with Crippen molar-refractivity contribution in [3.63, 3.8) is 0 Å². The van der Waals surface area contributed by atoms with Crippen molar-refractivity contribution in [3.8, 4) is 6.07 Å². The van der Waals surface area contributed by atoms with Crippen LogP contribution in [-0.2, 0) is 4.74 Å². The minimum absolute atomic E-state index is 0.149. The molecule has 3 heteroatoms. The molecular formula is C10H18N2O. The second-order valence-corrected chi connectivity index (χ2v) is 3.91. The first-order chi connectivity index (χ1) is 6.20. The van der Waals surface area contributed by atoms with E-state index in [1.807, 2.05) is 6.92 Å². The van der Waals surface area contributed by atoms with Gasteiger partial charge in [0.1, 0.15) is 6.10 Å². The Bertz CT molecular complexity index is 192. The van der Waals surface area contributed by atoms with E-state index in [0.717, 1.165) is 19.3 Å². The smallest absolute Gasteiger partial charge is 0.143 e. The Kier molecular flexibility index (Phi) is 3.71. The summed E-state index contributed by atoms with van der Waals surface area (Å²) in [6.45, 7) is 2.49. The van der Waals surface area contributed by atoms with Gasteiger partial charge in [0.25, 0.3) is 0 Å². The maximum Gasteiger partial charge on any atom is 0.143 e. The third kappa shape index (κ3) is 2.98. The van der Waals surface area contributed by atoms with Crippen molar-refractivity contribution in [2.75, 3.05) is 6.61 Å². The first kappa shape index (κ1) is 10.5. The van der Waals surface area contributed by atoms with E-state index in [1.54, 1.807) is 0 Å². The summed E-state index contributed by atoms with van der Waals surface area (Å²) in [6.07, 6.45) is 4.93. The van der Waals surface area contributed by atoms with Gasteiger partial charge in [-0.1, -0.05) is 19.8 Å². The second-order valence-electron chi connectivity index (χ2n) is 3.91. The van der Waals surface area contributed by atoms with Gasteiger partial charge in [-0.3, -0.25) is 0 Å². The number of ether oxygens (including phenoxy) is 1. The van der Waals surface area contributed by atoms with Crippen molar-refractivity contribution < 1.29 is 4.74 Å². The van der Waals surface area contributed by atoms with E-state index >= 15 is 0 Å². The van der Waals surface area contributed by atoms with E-state index in [0.29, 0.717) is 6.61 Å².